The number of hydrogen-bond donors (Lipinski definition) is 1. The van der Waals surface area contributed by atoms with Crippen molar-refractivity contribution >= 4 is 23.2 Å². The minimum Gasteiger partial charge on any atom is -0.350 e. The Bertz CT molecular complexity index is 543. The number of halogens is 1. The maximum atomic E-state index is 5.95. The van der Waals surface area contributed by atoms with Gasteiger partial charge in [-0.2, -0.15) is 4.98 Å². The van der Waals surface area contributed by atoms with Gasteiger partial charge in [0.2, 0.25) is 5.95 Å². The van der Waals surface area contributed by atoms with Gasteiger partial charge in [0, 0.05) is 12.2 Å². The van der Waals surface area contributed by atoms with Crippen LogP contribution in [0.4, 0.5) is 5.95 Å². The molecule has 0 bridgehead atoms. The Balaban J connectivity index is 1.72. The number of hydrogen-bond acceptors (Lipinski definition) is 3. The number of fused-ring (bicyclic) bond motifs is 1. The molecule has 0 aromatic carbocycles. The lowest BCUT2D eigenvalue weighted by Crippen LogP contribution is -2.21. The zero-order valence-corrected chi connectivity index (χ0v) is 11.7. The van der Waals surface area contributed by atoms with Crippen LogP contribution in [0.2, 0.25) is 5.02 Å². The molecule has 1 saturated carbocycles. The molecule has 2 aromatic heterocycles. The van der Waals surface area contributed by atoms with Crippen LogP contribution in [0, 0.1) is 0 Å². The lowest BCUT2D eigenvalue weighted by atomic mass is 9.97. The molecule has 0 amide bonds. The van der Waals surface area contributed by atoms with Gasteiger partial charge >= 0.3 is 0 Å². The highest BCUT2D eigenvalue weighted by Crippen LogP contribution is 2.20. The summed E-state index contributed by atoms with van der Waals surface area (Å²) in [7, 11) is 0. The quantitative estimate of drug-likeness (QED) is 0.906. The predicted molar refractivity (Wildman–Crippen MR) is 77.7 cm³/mol. The molecule has 0 radical (unpaired) electrons. The van der Waals surface area contributed by atoms with Crippen molar-refractivity contribution in [3.63, 3.8) is 0 Å². The molecule has 0 atom stereocenters. The van der Waals surface area contributed by atoms with Crippen LogP contribution >= 0.6 is 11.6 Å². The maximum Gasteiger partial charge on any atom is 0.243 e. The lowest BCUT2D eigenvalue weighted by Gasteiger charge is -2.19. The fourth-order valence-corrected chi connectivity index (χ4v) is 2.86. The molecule has 19 heavy (non-hydrogen) atoms. The van der Waals surface area contributed by atoms with Crippen LogP contribution < -0.4 is 5.32 Å². The highest BCUT2D eigenvalue weighted by molar-refractivity contribution is 6.30. The first-order chi connectivity index (χ1) is 9.31. The molecule has 0 unspecified atom stereocenters. The van der Waals surface area contributed by atoms with Crippen LogP contribution in [-0.4, -0.2) is 20.6 Å². The van der Waals surface area contributed by atoms with Crippen molar-refractivity contribution in [2.24, 2.45) is 0 Å². The second-order valence-corrected chi connectivity index (χ2v) is 5.71. The molecule has 0 saturated heterocycles. The number of pyridine rings is 1. The summed E-state index contributed by atoms with van der Waals surface area (Å²) in [5, 5.41) is 8.58. The van der Waals surface area contributed by atoms with Gasteiger partial charge in [-0.1, -0.05) is 43.7 Å². The number of aromatic nitrogens is 3. The minimum absolute atomic E-state index is 0.508. The van der Waals surface area contributed by atoms with Gasteiger partial charge in [-0.15, -0.1) is 5.10 Å². The average Bonchev–Trinajstić information content (AvgIpc) is 2.74. The van der Waals surface area contributed by atoms with Gasteiger partial charge in [0.1, 0.15) is 0 Å². The van der Waals surface area contributed by atoms with E-state index in [2.05, 4.69) is 15.4 Å². The van der Waals surface area contributed by atoms with Gasteiger partial charge in [0.15, 0.2) is 5.65 Å². The fraction of sp³-hybridized carbons (Fsp3) is 0.571. The molecule has 4 nitrogen and oxygen atoms in total. The Kier molecular flexibility index (Phi) is 3.87. The van der Waals surface area contributed by atoms with Crippen molar-refractivity contribution in [2.45, 2.75) is 51.0 Å². The molecule has 2 aromatic rings. The van der Waals surface area contributed by atoms with Crippen molar-refractivity contribution in [1.29, 1.82) is 0 Å². The largest absolute Gasteiger partial charge is 0.350 e. The molecule has 1 aliphatic rings. The Hall–Kier alpha value is -1.29. The van der Waals surface area contributed by atoms with E-state index in [1.807, 2.05) is 12.1 Å². The molecule has 2 heterocycles. The normalized spacial score (nSPS) is 18.2. The van der Waals surface area contributed by atoms with Crippen LogP contribution in [0.15, 0.2) is 18.3 Å². The third kappa shape index (κ3) is 3.18. The number of rotatable bonds is 2. The van der Waals surface area contributed by atoms with Crippen LogP contribution in [-0.2, 0) is 0 Å². The van der Waals surface area contributed by atoms with Gasteiger partial charge in [0.05, 0.1) is 5.02 Å². The maximum absolute atomic E-state index is 5.95. The molecule has 3 rings (SSSR count). The number of anilines is 1. The van der Waals surface area contributed by atoms with Crippen molar-refractivity contribution < 1.29 is 0 Å². The summed E-state index contributed by atoms with van der Waals surface area (Å²) in [5.41, 5.74) is 0.831. The van der Waals surface area contributed by atoms with E-state index in [9.17, 15) is 0 Å². The molecule has 1 aliphatic carbocycles. The highest BCUT2D eigenvalue weighted by atomic mass is 35.5. The third-order valence-corrected chi connectivity index (χ3v) is 3.96. The van der Waals surface area contributed by atoms with Crippen molar-refractivity contribution in [3.8, 4) is 0 Å². The van der Waals surface area contributed by atoms with E-state index in [1.54, 1.807) is 10.7 Å². The van der Waals surface area contributed by atoms with Gasteiger partial charge in [-0.25, -0.2) is 4.52 Å². The first-order valence-electron chi connectivity index (χ1n) is 7.10. The van der Waals surface area contributed by atoms with Crippen LogP contribution in [0.25, 0.3) is 5.65 Å². The van der Waals surface area contributed by atoms with E-state index in [0.29, 0.717) is 17.0 Å². The van der Waals surface area contributed by atoms with Crippen LogP contribution in [0.1, 0.15) is 44.9 Å². The minimum atomic E-state index is 0.508. The molecule has 1 N–H and O–H groups in total. The fourth-order valence-electron chi connectivity index (χ4n) is 2.70. The second kappa shape index (κ2) is 5.78. The highest BCUT2D eigenvalue weighted by Gasteiger charge is 2.13. The topological polar surface area (TPSA) is 42.2 Å². The third-order valence-electron chi connectivity index (χ3n) is 3.73. The summed E-state index contributed by atoms with van der Waals surface area (Å²) in [6, 6.07) is 4.23. The van der Waals surface area contributed by atoms with E-state index in [1.165, 1.54) is 44.9 Å². The summed E-state index contributed by atoms with van der Waals surface area (Å²) in [4.78, 5) is 4.48. The Labute approximate surface area is 118 Å². The monoisotopic (exact) mass is 278 g/mol. The first kappa shape index (κ1) is 12.7. The smallest absolute Gasteiger partial charge is 0.243 e. The Morgan fingerprint density at radius 3 is 2.63 bits per heavy atom. The number of nitrogens with one attached hydrogen (secondary N) is 1. The van der Waals surface area contributed by atoms with E-state index < -0.39 is 0 Å². The van der Waals surface area contributed by atoms with Gasteiger partial charge in [0.25, 0.3) is 0 Å². The van der Waals surface area contributed by atoms with Gasteiger partial charge < -0.3 is 5.32 Å². The zero-order chi connectivity index (χ0) is 13.1. The van der Waals surface area contributed by atoms with Gasteiger partial charge in [-0.3, -0.25) is 0 Å². The molecule has 102 valence electrons. The molecule has 0 aliphatic heterocycles. The van der Waals surface area contributed by atoms with Crippen LogP contribution in [0.5, 0.6) is 0 Å². The number of nitrogens with zero attached hydrogens (tertiary/aromatic N) is 3. The summed E-state index contributed by atoms with van der Waals surface area (Å²) in [6.45, 7) is 0. The SMILES string of the molecule is Clc1ccc2nc(NC3CCCCCCC3)nn2c1. The Morgan fingerprint density at radius 1 is 1.11 bits per heavy atom. The van der Waals surface area contributed by atoms with E-state index in [4.69, 9.17) is 11.6 Å². The van der Waals surface area contributed by atoms with Gasteiger partial charge in [-0.05, 0) is 25.0 Å². The standard InChI is InChI=1S/C14H19ClN4/c15-11-8-9-13-17-14(18-19(13)10-11)16-12-6-4-2-1-3-5-7-12/h8-10,12H,1-7H2,(H,16,18). The summed E-state index contributed by atoms with van der Waals surface area (Å²) in [5.74, 6) is 0.716. The van der Waals surface area contributed by atoms with Crippen molar-refractivity contribution in [3.05, 3.63) is 23.4 Å². The second-order valence-electron chi connectivity index (χ2n) is 5.27. The zero-order valence-electron chi connectivity index (χ0n) is 11.0. The molecule has 5 heteroatoms. The Morgan fingerprint density at radius 2 is 1.84 bits per heavy atom. The lowest BCUT2D eigenvalue weighted by molar-refractivity contribution is 0.470. The predicted octanol–water partition coefficient (Wildman–Crippen LogP) is 3.91. The summed E-state index contributed by atoms with van der Waals surface area (Å²) in [6.07, 6.45) is 10.9. The molecule has 1 fully saturated rings. The van der Waals surface area contributed by atoms with Crippen LogP contribution in [0.3, 0.4) is 0 Å². The van der Waals surface area contributed by atoms with E-state index in [0.717, 1.165) is 5.65 Å². The molecular formula is C14H19ClN4. The summed E-state index contributed by atoms with van der Waals surface area (Å²) < 4.78 is 1.73. The molecular weight excluding hydrogens is 260 g/mol. The first-order valence-corrected chi connectivity index (χ1v) is 7.47. The molecule has 0 spiro atoms. The average molecular weight is 279 g/mol. The van der Waals surface area contributed by atoms with Crippen molar-refractivity contribution in [1.82, 2.24) is 14.6 Å². The van der Waals surface area contributed by atoms with E-state index >= 15 is 0 Å². The van der Waals surface area contributed by atoms with E-state index in [-0.39, 0.29) is 0 Å². The summed E-state index contributed by atoms with van der Waals surface area (Å²) >= 11 is 5.95. The van der Waals surface area contributed by atoms with Crippen molar-refractivity contribution in [2.75, 3.05) is 5.32 Å².